The van der Waals surface area contributed by atoms with Gasteiger partial charge in [0.2, 0.25) is 5.91 Å². The van der Waals surface area contributed by atoms with Gasteiger partial charge in [0.25, 0.3) is 0 Å². The molecule has 1 atom stereocenters. The molecule has 0 aliphatic carbocycles. The van der Waals surface area contributed by atoms with Crippen molar-refractivity contribution < 1.29 is 14.3 Å². The number of nitriles is 1. The van der Waals surface area contributed by atoms with Crippen molar-refractivity contribution in [2.45, 2.75) is 12.6 Å². The number of halogens is 1. The number of carbonyl (C=O) groups is 1. The number of benzene rings is 3. The Morgan fingerprint density at radius 3 is 2.20 bits per heavy atom. The summed E-state index contributed by atoms with van der Waals surface area (Å²) in [5.41, 5.74) is 2.30. The molecule has 0 aromatic heterocycles. The van der Waals surface area contributed by atoms with Crippen LogP contribution >= 0.6 is 11.6 Å². The molecule has 3 aromatic carbocycles. The Hall–Kier alpha value is -3.49. The van der Waals surface area contributed by atoms with E-state index in [-0.39, 0.29) is 11.8 Å². The average Bonchev–Trinajstić information content (AvgIpc) is 2.82. The van der Waals surface area contributed by atoms with Gasteiger partial charge in [-0.1, -0.05) is 42.5 Å². The molecule has 0 saturated heterocycles. The zero-order chi connectivity index (χ0) is 21.3. The molecule has 1 unspecified atom stereocenters. The van der Waals surface area contributed by atoms with Crippen molar-refractivity contribution >= 4 is 23.2 Å². The minimum atomic E-state index is -0.826. The molecule has 0 bridgehead atoms. The lowest BCUT2D eigenvalue weighted by Gasteiger charge is -2.27. The van der Waals surface area contributed by atoms with Gasteiger partial charge in [0.1, 0.15) is 30.0 Å². The second kappa shape index (κ2) is 10.3. The van der Waals surface area contributed by atoms with Crippen LogP contribution in [0.25, 0.3) is 0 Å². The predicted molar refractivity (Wildman–Crippen MR) is 117 cm³/mol. The summed E-state index contributed by atoms with van der Waals surface area (Å²) in [6.07, 6.45) is 0. The van der Waals surface area contributed by atoms with Gasteiger partial charge in [0.05, 0.1) is 13.2 Å². The molecule has 0 N–H and O–H groups in total. The third-order valence-corrected chi connectivity index (χ3v) is 4.79. The molecular weight excluding hydrogens is 400 g/mol. The Bertz CT molecular complexity index is 999. The van der Waals surface area contributed by atoms with E-state index in [0.717, 1.165) is 5.56 Å². The number of nitrogens with zero attached hydrogens (tertiary/aromatic N) is 2. The Kier molecular flexibility index (Phi) is 7.31. The summed E-state index contributed by atoms with van der Waals surface area (Å²) >= 11 is 5.82. The summed E-state index contributed by atoms with van der Waals surface area (Å²) in [6, 6.07) is 25.3. The quantitative estimate of drug-likeness (QED) is 0.475. The fourth-order valence-corrected chi connectivity index (χ4v) is 3.14. The lowest BCUT2D eigenvalue weighted by molar-refractivity contribution is -0.116. The van der Waals surface area contributed by atoms with Crippen LogP contribution in [-0.2, 0) is 11.4 Å². The minimum Gasteiger partial charge on any atom is -0.497 e. The van der Waals surface area contributed by atoms with Crippen LogP contribution in [0.15, 0.2) is 78.9 Å². The molecule has 0 spiro atoms. The van der Waals surface area contributed by atoms with E-state index < -0.39 is 6.04 Å². The Morgan fingerprint density at radius 2 is 1.63 bits per heavy atom. The SMILES string of the molecule is COc1ccc(N(C(=O)CCl)C(C#N)c2ccc(OCc3ccccc3)cc2)cc1. The fraction of sp³-hybridized carbons (Fsp3) is 0.167. The Balaban J connectivity index is 1.80. The molecule has 0 fully saturated rings. The zero-order valence-corrected chi connectivity index (χ0v) is 17.3. The highest BCUT2D eigenvalue weighted by Gasteiger charge is 2.26. The first kappa shape index (κ1) is 21.2. The van der Waals surface area contributed by atoms with E-state index in [1.807, 2.05) is 30.3 Å². The summed E-state index contributed by atoms with van der Waals surface area (Å²) in [6.45, 7) is 0.449. The van der Waals surface area contributed by atoms with Crippen molar-refractivity contribution in [1.82, 2.24) is 0 Å². The summed E-state index contributed by atoms with van der Waals surface area (Å²) in [4.78, 5) is 13.9. The van der Waals surface area contributed by atoms with E-state index in [2.05, 4.69) is 6.07 Å². The summed E-state index contributed by atoms with van der Waals surface area (Å²) in [5.74, 6) is 0.741. The van der Waals surface area contributed by atoms with Gasteiger partial charge in [-0.25, -0.2) is 0 Å². The number of anilines is 1. The zero-order valence-electron chi connectivity index (χ0n) is 16.5. The normalized spacial score (nSPS) is 11.2. The van der Waals surface area contributed by atoms with Gasteiger partial charge in [0.15, 0.2) is 0 Å². The van der Waals surface area contributed by atoms with Crippen molar-refractivity contribution in [1.29, 1.82) is 5.26 Å². The molecule has 3 rings (SSSR count). The molecule has 0 aliphatic heterocycles. The highest BCUT2D eigenvalue weighted by atomic mass is 35.5. The van der Waals surface area contributed by atoms with Crippen molar-refractivity contribution in [3.63, 3.8) is 0 Å². The van der Waals surface area contributed by atoms with E-state index in [9.17, 15) is 10.1 Å². The number of hydrogen-bond donors (Lipinski definition) is 0. The first-order valence-electron chi connectivity index (χ1n) is 9.34. The average molecular weight is 421 g/mol. The monoisotopic (exact) mass is 420 g/mol. The number of rotatable bonds is 8. The van der Waals surface area contributed by atoms with Crippen LogP contribution < -0.4 is 14.4 Å². The third kappa shape index (κ3) is 5.11. The van der Waals surface area contributed by atoms with Gasteiger partial charge in [-0.3, -0.25) is 9.69 Å². The van der Waals surface area contributed by atoms with Crippen molar-refractivity contribution in [2.24, 2.45) is 0 Å². The second-order valence-electron chi connectivity index (χ2n) is 6.47. The van der Waals surface area contributed by atoms with Crippen LogP contribution in [0.3, 0.4) is 0 Å². The van der Waals surface area contributed by atoms with Gasteiger partial charge in [-0.05, 0) is 47.5 Å². The lowest BCUT2D eigenvalue weighted by atomic mass is 10.0. The maximum Gasteiger partial charge on any atom is 0.243 e. The fourth-order valence-electron chi connectivity index (χ4n) is 3.01. The van der Waals surface area contributed by atoms with E-state index >= 15 is 0 Å². The van der Waals surface area contributed by atoms with Crippen LogP contribution in [0, 0.1) is 11.3 Å². The molecule has 0 saturated carbocycles. The summed E-state index contributed by atoms with van der Waals surface area (Å²) in [7, 11) is 1.57. The van der Waals surface area contributed by atoms with Crippen molar-refractivity contribution in [3.05, 3.63) is 90.0 Å². The number of hydrogen-bond acceptors (Lipinski definition) is 4. The topological polar surface area (TPSA) is 62.6 Å². The second-order valence-corrected chi connectivity index (χ2v) is 6.74. The first-order valence-corrected chi connectivity index (χ1v) is 9.88. The highest BCUT2D eigenvalue weighted by Crippen LogP contribution is 2.30. The third-order valence-electron chi connectivity index (χ3n) is 4.56. The molecule has 0 aliphatic rings. The Morgan fingerprint density at radius 1 is 1.00 bits per heavy atom. The van der Waals surface area contributed by atoms with E-state index in [0.29, 0.717) is 29.4 Å². The van der Waals surface area contributed by atoms with Gasteiger partial charge in [-0.15, -0.1) is 11.6 Å². The van der Waals surface area contributed by atoms with Crippen LogP contribution in [0.1, 0.15) is 17.2 Å². The number of alkyl halides is 1. The van der Waals surface area contributed by atoms with E-state index in [4.69, 9.17) is 21.1 Å². The Labute approximate surface area is 181 Å². The molecular formula is C24H21ClN2O3. The molecule has 152 valence electrons. The number of methoxy groups -OCH3 is 1. The number of amides is 1. The molecule has 0 heterocycles. The van der Waals surface area contributed by atoms with Crippen molar-refractivity contribution in [3.8, 4) is 17.6 Å². The molecule has 5 nitrogen and oxygen atoms in total. The summed E-state index contributed by atoms with van der Waals surface area (Å²) < 4.78 is 11.0. The van der Waals surface area contributed by atoms with Gasteiger partial charge in [0, 0.05) is 5.69 Å². The maximum atomic E-state index is 12.6. The van der Waals surface area contributed by atoms with Crippen LogP contribution in [0.2, 0.25) is 0 Å². The molecule has 6 heteroatoms. The molecule has 3 aromatic rings. The molecule has 0 radical (unpaired) electrons. The lowest BCUT2D eigenvalue weighted by Crippen LogP contribution is -2.35. The minimum absolute atomic E-state index is 0.234. The van der Waals surface area contributed by atoms with Gasteiger partial charge < -0.3 is 9.47 Å². The van der Waals surface area contributed by atoms with Crippen LogP contribution in [-0.4, -0.2) is 18.9 Å². The van der Waals surface area contributed by atoms with Crippen molar-refractivity contribution in [2.75, 3.05) is 17.9 Å². The van der Waals surface area contributed by atoms with E-state index in [1.54, 1.807) is 55.6 Å². The molecule has 30 heavy (non-hydrogen) atoms. The van der Waals surface area contributed by atoms with Crippen LogP contribution in [0.4, 0.5) is 5.69 Å². The first-order chi connectivity index (χ1) is 14.7. The standard InChI is InChI=1S/C24H21ClN2O3/c1-29-21-13-9-20(10-14-21)27(24(28)15-25)23(16-26)19-7-11-22(12-8-19)30-17-18-5-3-2-4-6-18/h2-14,23H,15,17H2,1H3. The number of ether oxygens (including phenoxy) is 2. The largest absolute Gasteiger partial charge is 0.497 e. The predicted octanol–water partition coefficient (Wildman–Crippen LogP) is 5.11. The summed E-state index contributed by atoms with van der Waals surface area (Å²) in [5, 5.41) is 9.83. The molecule has 1 amide bonds. The number of carbonyl (C=O) groups excluding carboxylic acids is 1. The highest BCUT2D eigenvalue weighted by molar-refractivity contribution is 6.29. The smallest absolute Gasteiger partial charge is 0.243 e. The maximum absolute atomic E-state index is 12.6. The van der Waals surface area contributed by atoms with E-state index in [1.165, 1.54) is 4.90 Å². The van der Waals surface area contributed by atoms with Gasteiger partial charge >= 0.3 is 0 Å². The van der Waals surface area contributed by atoms with Gasteiger partial charge in [-0.2, -0.15) is 5.26 Å². The van der Waals surface area contributed by atoms with Crippen LogP contribution in [0.5, 0.6) is 11.5 Å².